The number of hydrogen-bond acceptors (Lipinski definition) is 6. The first-order valence-electron chi connectivity index (χ1n) is 9.55. The Labute approximate surface area is 163 Å². The zero-order valence-electron chi connectivity index (χ0n) is 15.8. The van der Waals surface area contributed by atoms with Crippen molar-refractivity contribution in [3.8, 4) is 0 Å². The number of thioether (sulfide) groups is 1. The third-order valence-electron chi connectivity index (χ3n) is 4.89. The lowest BCUT2D eigenvalue weighted by atomic mass is 9.80. The van der Waals surface area contributed by atoms with Gasteiger partial charge in [0.25, 0.3) is 0 Å². The molecule has 1 aliphatic rings. The van der Waals surface area contributed by atoms with Crippen molar-refractivity contribution in [1.82, 2.24) is 9.97 Å². The van der Waals surface area contributed by atoms with Gasteiger partial charge in [-0.3, -0.25) is 9.59 Å². The molecule has 0 unspecified atom stereocenters. The molecule has 27 heavy (non-hydrogen) atoms. The molecule has 6 nitrogen and oxygen atoms in total. The Balaban J connectivity index is 1.66. The molecule has 1 aromatic heterocycles. The number of para-hydroxylation sites is 2. The fourth-order valence-corrected chi connectivity index (χ4v) is 4.33. The zero-order valence-corrected chi connectivity index (χ0v) is 16.6. The number of carbonyl (C=O) groups excluding carboxylic acids is 2. The predicted molar refractivity (Wildman–Crippen MR) is 105 cm³/mol. The van der Waals surface area contributed by atoms with Crippen LogP contribution in [-0.4, -0.2) is 40.4 Å². The van der Waals surface area contributed by atoms with Crippen molar-refractivity contribution in [3.05, 3.63) is 24.3 Å². The smallest absolute Gasteiger partial charge is 0.323 e. The SMILES string of the molecule is CCCCC[C@@]1(C(=O)OCC)C[C@H](CSc2nc3ccccc3[nH]2)OC1=O. The number of nitrogens with zero attached hydrogens (tertiary/aromatic N) is 1. The molecule has 2 aromatic rings. The highest BCUT2D eigenvalue weighted by atomic mass is 32.2. The van der Waals surface area contributed by atoms with Crippen LogP contribution in [-0.2, 0) is 19.1 Å². The van der Waals surface area contributed by atoms with Gasteiger partial charge in [-0.1, -0.05) is 50.1 Å². The van der Waals surface area contributed by atoms with Gasteiger partial charge in [-0.2, -0.15) is 0 Å². The number of unbranched alkanes of at least 4 members (excludes halogenated alkanes) is 2. The average Bonchev–Trinajstić information content (AvgIpc) is 3.22. The summed E-state index contributed by atoms with van der Waals surface area (Å²) in [4.78, 5) is 33.0. The van der Waals surface area contributed by atoms with Gasteiger partial charge in [-0.15, -0.1) is 0 Å². The minimum Gasteiger partial charge on any atom is -0.465 e. The second-order valence-electron chi connectivity index (χ2n) is 6.86. The van der Waals surface area contributed by atoms with E-state index in [9.17, 15) is 9.59 Å². The number of cyclic esters (lactones) is 1. The average molecular weight is 391 g/mol. The standard InChI is InChI=1S/C20H26N2O4S/c1-3-5-8-11-20(17(23)25-4-2)12-14(26-18(20)24)13-27-19-21-15-9-6-7-10-16(15)22-19/h6-7,9-10,14H,3-5,8,11-13H2,1-2H3,(H,21,22)/t14-,20+/m1/s1. The summed E-state index contributed by atoms with van der Waals surface area (Å²) in [6, 6.07) is 7.82. The molecule has 0 bridgehead atoms. The second-order valence-corrected chi connectivity index (χ2v) is 7.87. The van der Waals surface area contributed by atoms with Crippen molar-refractivity contribution in [2.45, 2.75) is 57.2 Å². The van der Waals surface area contributed by atoms with E-state index >= 15 is 0 Å². The first kappa shape index (κ1) is 19.7. The molecular weight excluding hydrogens is 364 g/mol. The van der Waals surface area contributed by atoms with Gasteiger partial charge in [0.2, 0.25) is 0 Å². The molecule has 0 saturated carbocycles. The minimum atomic E-state index is -1.15. The quantitative estimate of drug-likeness (QED) is 0.300. The van der Waals surface area contributed by atoms with E-state index in [1.165, 1.54) is 11.8 Å². The summed E-state index contributed by atoms with van der Waals surface area (Å²) in [6.07, 6.45) is 3.37. The van der Waals surface area contributed by atoms with Crippen molar-refractivity contribution in [1.29, 1.82) is 0 Å². The monoisotopic (exact) mass is 390 g/mol. The van der Waals surface area contributed by atoms with Crippen LogP contribution in [0.5, 0.6) is 0 Å². The molecule has 1 aromatic carbocycles. The normalized spacial score (nSPS) is 22.1. The molecule has 0 spiro atoms. The highest BCUT2D eigenvalue weighted by Gasteiger charge is 2.55. The van der Waals surface area contributed by atoms with Crippen LogP contribution in [0.3, 0.4) is 0 Å². The summed E-state index contributed by atoms with van der Waals surface area (Å²) in [7, 11) is 0. The molecule has 1 saturated heterocycles. The van der Waals surface area contributed by atoms with Gasteiger partial charge in [-0.25, -0.2) is 4.98 Å². The molecule has 3 rings (SSSR count). The number of fused-ring (bicyclic) bond motifs is 1. The summed E-state index contributed by atoms with van der Waals surface area (Å²) in [5.41, 5.74) is 0.734. The van der Waals surface area contributed by atoms with E-state index in [2.05, 4.69) is 16.9 Å². The number of hydrogen-bond donors (Lipinski definition) is 1. The van der Waals surface area contributed by atoms with Crippen LogP contribution >= 0.6 is 11.8 Å². The maximum absolute atomic E-state index is 12.6. The van der Waals surface area contributed by atoms with E-state index in [4.69, 9.17) is 9.47 Å². The third-order valence-corrected chi connectivity index (χ3v) is 5.89. The number of aromatic nitrogens is 2. The van der Waals surface area contributed by atoms with E-state index < -0.39 is 17.4 Å². The molecule has 2 heterocycles. The van der Waals surface area contributed by atoms with Crippen LogP contribution in [0.15, 0.2) is 29.4 Å². The van der Waals surface area contributed by atoms with Crippen LogP contribution in [0.2, 0.25) is 0 Å². The lowest BCUT2D eigenvalue weighted by molar-refractivity contribution is -0.165. The van der Waals surface area contributed by atoms with Gasteiger partial charge in [0.1, 0.15) is 6.10 Å². The Morgan fingerprint density at radius 1 is 1.37 bits per heavy atom. The Morgan fingerprint density at radius 3 is 2.93 bits per heavy atom. The van der Waals surface area contributed by atoms with Crippen molar-refractivity contribution in [2.24, 2.45) is 5.41 Å². The molecular formula is C20H26N2O4S. The molecule has 0 amide bonds. The van der Waals surface area contributed by atoms with Crippen LogP contribution < -0.4 is 0 Å². The Bertz CT molecular complexity index is 773. The van der Waals surface area contributed by atoms with Gasteiger partial charge >= 0.3 is 11.9 Å². The summed E-state index contributed by atoms with van der Waals surface area (Å²) < 4.78 is 10.8. The van der Waals surface area contributed by atoms with Crippen molar-refractivity contribution < 1.29 is 19.1 Å². The minimum absolute atomic E-state index is 0.264. The summed E-state index contributed by atoms with van der Waals surface area (Å²) in [5.74, 6) is -0.324. The molecule has 2 atom stereocenters. The van der Waals surface area contributed by atoms with Gasteiger partial charge in [-0.05, 0) is 25.5 Å². The number of nitrogens with one attached hydrogen (secondary N) is 1. The molecule has 7 heteroatoms. The maximum Gasteiger partial charge on any atom is 0.323 e. The van der Waals surface area contributed by atoms with Gasteiger partial charge in [0.15, 0.2) is 10.6 Å². The Kier molecular flexibility index (Phi) is 6.42. The Hall–Kier alpha value is -2.02. The largest absolute Gasteiger partial charge is 0.465 e. The fourth-order valence-electron chi connectivity index (χ4n) is 3.46. The highest BCUT2D eigenvalue weighted by molar-refractivity contribution is 7.99. The van der Waals surface area contributed by atoms with Gasteiger partial charge in [0, 0.05) is 12.2 Å². The topological polar surface area (TPSA) is 81.3 Å². The molecule has 146 valence electrons. The Morgan fingerprint density at radius 2 is 2.19 bits per heavy atom. The van der Waals surface area contributed by atoms with Crippen LogP contribution in [0.1, 0.15) is 46.0 Å². The molecule has 0 aliphatic carbocycles. The van der Waals surface area contributed by atoms with Crippen LogP contribution in [0, 0.1) is 5.41 Å². The van der Waals surface area contributed by atoms with E-state index in [1.807, 2.05) is 24.3 Å². The number of aromatic amines is 1. The second kappa shape index (κ2) is 8.78. The number of ether oxygens (including phenoxy) is 2. The number of imidazole rings is 1. The number of benzene rings is 1. The lowest BCUT2D eigenvalue weighted by Gasteiger charge is -2.22. The molecule has 0 radical (unpaired) electrons. The van der Waals surface area contributed by atoms with Crippen molar-refractivity contribution in [2.75, 3.05) is 12.4 Å². The third kappa shape index (κ3) is 4.29. The van der Waals surface area contributed by atoms with Crippen molar-refractivity contribution in [3.63, 3.8) is 0 Å². The molecule has 1 aliphatic heterocycles. The lowest BCUT2D eigenvalue weighted by Crippen LogP contribution is -2.37. The zero-order chi connectivity index (χ0) is 19.3. The molecule has 1 fully saturated rings. The summed E-state index contributed by atoms with van der Waals surface area (Å²) in [6.45, 7) is 4.11. The first-order chi connectivity index (χ1) is 13.1. The van der Waals surface area contributed by atoms with Gasteiger partial charge < -0.3 is 14.5 Å². The number of carbonyl (C=O) groups is 2. The van der Waals surface area contributed by atoms with Crippen molar-refractivity contribution >= 4 is 34.7 Å². The van der Waals surface area contributed by atoms with E-state index in [0.717, 1.165) is 35.5 Å². The van der Waals surface area contributed by atoms with Gasteiger partial charge in [0.05, 0.1) is 17.6 Å². The number of esters is 2. The fraction of sp³-hybridized carbons (Fsp3) is 0.550. The summed E-state index contributed by atoms with van der Waals surface area (Å²) >= 11 is 1.50. The van der Waals surface area contributed by atoms with E-state index in [-0.39, 0.29) is 12.7 Å². The van der Waals surface area contributed by atoms with E-state index in [1.54, 1.807) is 6.92 Å². The number of rotatable bonds is 9. The highest BCUT2D eigenvalue weighted by Crippen LogP contribution is 2.41. The maximum atomic E-state index is 12.6. The number of H-pyrrole nitrogens is 1. The van der Waals surface area contributed by atoms with Crippen LogP contribution in [0.25, 0.3) is 11.0 Å². The summed E-state index contributed by atoms with van der Waals surface area (Å²) in [5, 5.41) is 0.784. The van der Waals surface area contributed by atoms with Crippen LogP contribution in [0.4, 0.5) is 0 Å². The predicted octanol–water partition coefficient (Wildman–Crippen LogP) is 4.10. The molecule has 1 N–H and O–H groups in total. The van der Waals surface area contributed by atoms with E-state index in [0.29, 0.717) is 18.6 Å². The first-order valence-corrected chi connectivity index (χ1v) is 10.5.